The summed E-state index contributed by atoms with van der Waals surface area (Å²) in [5, 5.41) is 6.93. The number of nitrogens with one attached hydrogen (secondary N) is 2. The minimum absolute atomic E-state index is 0.0118. The summed E-state index contributed by atoms with van der Waals surface area (Å²) in [6, 6.07) is 7.29. The summed E-state index contributed by atoms with van der Waals surface area (Å²) in [6.45, 7) is 0. The average Bonchev–Trinajstić information content (AvgIpc) is 2.91. The van der Waals surface area contributed by atoms with Crippen molar-refractivity contribution < 1.29 is 14.4 Å². The Balaban J connectivity index is 0.979. The van der Waals surface area contributed by atoms with Gasteiger partial charge in [0.1, 0.15) is 5.78 Å². The topological polar surface area (TPSA) is 101 Å². The van der Waals surface area contributed by atoms with Gasteiger partial charge in [-0.05, 0) is 136 Å². The number of carbonyl (C=O) groups is 3. The van der Waals surface area contributed by atoms with E-state index in [1.807, 2.05) is 24.3 Å². The molecule has 2 amide bonds. The van der Waals surface area contributed by atoms with E-state index >= 15 is 0 Å². The Hall–Kier alpha value is -3.09. The highest BCUT2D eigenvalue weighted by Crippen LogP contribution is 2.65. The lowest BCUT2D eigenvalue weighted by atomic mass is 9.44. The second-order valence-corrected chi connectivity index (χ2v) is 15.8. The summed E-state index contributed by atoms with van der Waals surface area (Å²) < 4.78 is 0. The Morgan fingerprint density at radius 2 is 1.05 bits per heavy atom. The molecule has 8 aliphatic carbocycles. The fourth-order valence-corrected chi connectivity index (χ4v) is 12.1. The SMILES string of the molecule is O=C(CC12CC3CC(C1)CC(NC(=O)c1cccnc1)(C3)C2)CC12CC3CC(C1)CC(NC(=O)c1cccnc1)(C3)C2. The summed E-state index contributed by atoms with van der Waals surface area (Å²) in [5.41, 5.74) is 0.863. The smallest absolute Gasteiger partial charge is 0.253 e. The number of rotatable bonds is 8. The van der Waals surface area contributed by atoms with Gasteiger partial charge in [0, 0.05) is 48.7 Å². The number of hydrogen-bond acceptors (Lipinski definition) is 5. The van der Waals surface area contributed by atoms with E-state index < -0.39 is 0 Å². The molecule has 2 aromatic heterocycles. The highest BCUT2D eigenvalue weighted by molar-refractivity contribution is 5.95. The van der Waals surface area contributed by atoms with Gasteiger partial charge in [0.05, 0.1) is 11.1 Å². The Morgan fingerprint density at radius 3 is 1.40 bits per heavy atom. The van der Waals surface area contributed by atoms with E-state index in [1.54, 1.807) is 24.8 Å². The normalized spacial score (nSPS) is 40.6. The van der Waals surface area contributed by atoms with Gasteiger partial charge in [-0.1, -0.05) is 0 Å². The van der Waals surface area contributed by atoms with Gasteiger partial charge in [0.25, 0.3) is 11.8 Å². The highest BCUT2D eigenvalue weighted by atomic mass is 16.2. The zero-order valence-corrected chi connectivity index (χ0v) is 24.4. The number of amides is 2. The third-order valence-corrected chi connectivity index (χ3v) is 12.1. The largest absolute Gasteiger partial charge is 0.347 e. The summed E-state index contributed by atoms with van der Waals surface area (Å²) in [7, 11) is 0. The number of ketones is 1. The van der Waals surface area contributed by atoms with Crippen molar-refractivity contribution in [2.45, 2.75) is 101 Å². The molecule has 2 N–H and O–H groups in total. The van der Waals surface area contributed by atoms with E-state index in [-0.39, 0.29) is 33.7 Å². The molecular formula is C35H42N4O3. The molecule has 0 saturated heterocycles. The molecule has 8 saturated carbocycles. The fourth-order valence-electron chi connectivity index (χ4n) is 12.1. The van der Waals surface area contributed by atoms with Gasteiger partial charge in [0.15, 0.2) is 0 Å². The zero-order chi connectivity index (χ0) is 28.6. The van der Waals surface area contributed by atoms with Gasteiger partial charge < -0.3 is 10.6 Å². The van der Waals surface area contributed by atoms with E-state index in [1.165, 1.54) is 12.8 Å². The Morgan fingerprint density at radius 1 is 0.643 bits per heavy atom. The molecule has 0 radical (unpaired) electrons. The summed E-state index contributed by atoms with van der Waals surface area (Å²) in [5.74, 6) is 2.74. The van der Waals surface area contributed by atoms with Gasteiger partial charge in [-0.15, -0.1) is 0 Å². The Labute approximate surface area is 248 Å². The molecule has 220 valence electrons. The van der Waals surface area contributed by atoms with E-state index in [0.29, 0.717) is 53.4 Å². The van der Waals surface area contributed by atoms with Crippen molar-refractivity contribution in [1.29, 1.82) is 0 Å². The lowest BCUT2D eigenvalue weighted by molar-refractivity contribution is -0.138. The van der Waals surface area contributed by atoms with Crippen molar-refractivity contribution in [1.82, 2.24) is 20.6 Å². The molecule has 7 heteroatoms. The van der Waals surface area contributed by atoms with Crippen LogP contribution in [0.5, 0.6) is 0 Å². The van der Waals surface area contributed by atoms with Gasteiger partial charge in [-0.2, -0.15) is 0 Å². The molecule has 0 aromatic carbocycles. The predicted octanol–water partition coefficient (Wildman–Crippen LogP) is 5.66. The first kappa shape index (κ1) is 26.5. The van der Waals surface area contributed by atoms with Crippen LogP contribution in [0.15, 0.2) is 49.1 Å². The van der Waals surface area contributed by atoms with Gasteiger partial charge in [-0.3, -0.25) is 24.4 Å². The maximum absolute atomic E-state index is 14.1. The standard InChI is InChI=1S/C35H42N4O3/c40-29(17-32-9-23-7-24(10-32)14-34(13-23,21-32)38-30(41)27-3-1-5-36-19-27)18-33-11-25-8-26(12-33)16-35(15-25,22-33)39-31(42)28-4-2-6-37-20-28/h1-6,19-20,23-26H,7-18,21-22H2,(H,38,41)(H,39,42). The molecule has 2 heterocycles. The molecule has 8 aliphatic rings. The van der Waals surface area contributed by atoms with E-state index in [4.69, 9.17) is 0 Å². The molecule has 8 fully saturated rings. The van der Waals surface area contributed by atoms with Crippen molar-refractivity contribution in [3.8, 4) is 0 Å². The van der Waals surface area contributed by atoms with Crippen molar-refractivity contribution in [3.05, 3.63) is 60.2 Å². The van der Waals surface area contributed by atoms with Gasteiger partial charge >= 0.3 is 0 Å². The molecule has 4 atom stereocenters. The van der Waals surface area contributed by atoms with Crippen LogP contribution in [0, 0.1) is 34.5 Å². The summed E-state index contributed by atoms with van der Waals surface area (Å²) in [6.07, 6.45) is 21.0. The number of nitrogens with zero attached hydrogens (tertiary/aromatic N) is 2. The van der Waals surface area contributed by atoms with Crippen LogP contribution in [0.1, 0.15) is 111 Å². The van der Waals surface area contributed by atoms with E-state index in [2.05, 4.69) is 20.6 Å². The minimum Gasteiger partial charge on any atom is -0.347 e. The van der Waals surface area contributed by atoms with Crippen LogP contribution in [0.4, 0.5) is 0 Å². The van der Waals surface area contributed by atoms with Crippen LogP contribution < -0.4 is 10.6 Å². The second-order valence-electron chi connectivity index (χ2n) is 15.8. The minimum atomic E-state index is -0.196. The first-order chi connectivity index (χ1) is 20.2. The molecule has 0 aliphatic heterocycles. The van der Waals surface area contributed by atoms with Crippen LogP contribution in [0.2, 0.25) is 0 Å². The van der Waals surface area contributed by atoms with Gasteiger partial charge in [0.2, 0.25) is 0 Å². The second kappa shape index (κ2) is 9.45. The molecule has 2 aromatic rings. The molecule has 0 spiro atoms. The molecule has 42 heavy (non-hydrogen) atoms. The van der Waals surface area contributed by atoms with Crippen LogP contribution in [0.3, 0.4) is 0 Å². The lowest BCUT2D eigenvalue weighted by Gasteiger charge is -2.63. The Kier molecular flexibility index (Phi) is 5.97. The number of aromatic nitrogens is 2. The number of hydrogen-bond donors (Lipinski definition) is 2. The van der Waals surface area contributed by atoms with E-state index in [0.717, 1.165) is 64.2 Å². The lowest BCUT2D eigenvalue weighted by Crippen LogP contribution is -2.64. The van der Waals surface area contributed by atoms with Crippen LogP contribution in [-0.4, -0.2) is 38.6 Å². The maximum Gasteiger partial charge on any atom is 0.253 e. The van der Waals surface area contributed by atoms with Crippen molar-refractivity contribution in [3.63, 3.8) is 0 Å². The van der Waals surface area contributed by atoms with Crippen molar-refractivity contribution >= 4 is 17.6 Å². The zero-order valence-electron chi connectivity index (χ0n) is 24.4. The summed E-state index contributed by atoms with van der Waals surface area (Å²) in [4.78, 5) is 48.8. The quantitative estimate of drug-likeness (QED) is 0.429. The molecule has 7 nitrogen and oxygen atoms in total. The predicted molar refractivity (Wildman–Crippen MR) is 157 cm³/mol. The van der Waals surface area contributed by atoms with Crippen molar-refractivity contribution in [2.75, 3.05) is 0 Å². The number of pyridine rings is 2. The molecule has 8 bridgehead atoms. The van der Waals surface area contributed by atoms with Gasteiger partial charge in [-0.25, -0.2) is 0 Å². The molecule has 4 unspecified atom stereocenters. The van der Waals surface area contributed by atoms with Crippen molar-refractivity contribution in [2.24, 2.45) is 34.5 Å². The average molecular weight is 567 g/mol. The fraction of sp³-hybridized carbons (Fsp3) is 0.629. The first-order valence-electron chi connectivity index (χ1n) is 16.2. The molecular weight excluding hydrogens is 524 g/mol. The third kappa shape index (κ3) is 4.67. The van der Waals surface area contributed by atoms with E-state index in [9.17, 15) is 14.4 Å². The summed E-state index contributed by atoms with van der Waals surface area (Å²) >= 11 is 0. The van der Waals surface area contributed by atoms with Crippen LogP contribution in [-0.2, 0) is 4.79 Å². The number of carbonyl (C=O) groups excluding carboxylic acids is 3. The van der Waals surface area contributed by atoms with Crippen LogP contribution in [0.25, 0.3) is 0 Å². The third-order valence-electron chi connectivity index (χ3n) is 12.1. The first-order valence-corrected chi connectivity index (χ1v) is 16.2. The highest BCUT2D eigenvalue weighted by Gasteiger charge is 2.61. The monoisotopic (exact) mass is 566 g/mol. The maximum atomic E-state index is 14.1. The molecule has 10 rings (SSSR count). The Bertz CT molecular complexity index is 1270. The number of Topliss-reactive ketones (excluding diaryl/α,β-unsaturated/α-hetero) is 1. The van der Waals surface area contributed by atoms with Crippen LogP contribution >= 0.6 is 0 Å².